The zero-order valence-corrected chi connectivity index (χ0v) is 17.1. The van der Waals surface area contributed by atoms with Crippen molar-refractivity contribution in [3.8, 4) is 11.4 Å². The fraction of sp³-hybridized carbons (Fsp3) is 0.350. The van der Waals surface area contributed by atoms with Crippen LogP contribution in [-0.4, -0.2) is 25.2 Å². The van der Waals surface area contributed by atoms with Gasteiger partial charge >= 0.3 is 5.69 Å². The molecule has 2 aromatic heterocycles. The van der Waals surface area contributed by atoms with Gasteiger partial charge in [0.25, 0.3) is 5.56 Å². The number of anilines is 1. The summed E-state index contributed by atoms with van der Waals surface area (Å²) in [6.45, 7) is 1.90. The number of nitrogens with one attached hydrogen (secondary N) is 1. The molecule has 1 aliphatic heterocycles. The highest BCUT2D eigenvalue weighted by Gasteiger charge is 2.26. The molecule has 156 valence electrons. The van der Waals surface area contributed by atoms with Crippen molar-refractivity contribution in [3.05, 3.63) is 61.7 Å². The van der Waals surface area contributed by atoms with Gasteiger partial charge in [-0.2, -0.15) is 4.98 Å². The summed E-state index contributed by atoms with van der Waals surface area (Å²) in [5.74, 6) is 0.0306. The van der Waals surface area contributed by atoms with Gasteiger partial charge in [-0.05, 0) is 37.5 Å². The van der Waals surface area contributed by atoms with Gasteiger partial charge in [0.15, 0.2) is 0 Å². The van der Waals surface area contributed by atoms with Gasteiger partial charge < -0.3 is 9.84 Å². The van der Waals surface area contributed by atoms with Crippen molar-refractivity contribution >= 4 is 23.2 Å². The second-order valence-electron chi connectivity index (χ2n) is 7.03. The van der Waals surface area contributed by atoms with Crippen molar-refractivity contribution in [2.75, 3.05) is 5.32 Å². The number of aromatic nitrogens is 4. The highest BCUT2D eigenvalue weighted by Crippen LogP contribution is 2.22. The van der Waals surface area contributed by atoms with Gasteiger partial charge in [0, 0.05) is 29.4 Å². The monoisotopic (exact) mass is 429 g/mol. The first-order valence-electron chi connectivity index (χ1n) is 9.72. The second kappa shape index (κ2) is 8.27. The van der Waals surface area contributed by atoms with Crippen LogP contribution < -0.4 is 16.6 Å². The van der Waals surface area contributed by atoms with E-state index in [0.717, 1.165) is 17.4 Å². The molecule has 1 amide bonds. The lowest BCUT2D eigenvalue weighted by molar-refractivity contribution is -0.116. The van der Waals surface area contributed by atoms with Gasteiger partial charge in [0.05, 0.1) is 0 Å². The number of halogens is 1. The highest BCUT2D eigenvalue weighted by molar-refractivity contribution is 6.30. The van der Waals surface area contributed by atoms with Crippen molar-refractivity contribution in [3.63, 3.8) is 0 Å². The first kappa shape index (κ1) is 20.1. The van der Waals surface area contributed by atoms with Crippen molar-refractivity contribution < 1.29 is 9.32 Å². The Morgan fingerprint density at radius 3 is 2.87 bits per heavy atom. The van der Waals surface area contributed by atoms with Crippen LogP contribution in [0.15, 0.2) is 38.4 Å². The van der Waals surface area contributed by atoms with Gasteiger partial charge in [-0.15, -0.1) is 0 Å². The summed E-state index contributed by atoms with van der Waals surface area (Å²) >= 11 is 5.94. The molecule has 1 aromatic carbocycles. The molecule has 0 saturated carbocycles. The minimum absolute atomic E-state index is 0.145. The number of carbonyl (C=O) groups excluding carboxylic acids is 1. The molecule has 0 radical (unpaired) electrons. The predicted molar refractivity (Wildman–Crippen MR) is 111 cm³/mol. The van der Waals surface area contributed by atoms with Gasteiger partial charge in [-0.3, -0.25) is 18.7 Å². The van der Waals surface area contributed by atoms with Crippen molar-refractivity contribution in [2.45, 2.75) is 45.7 Å². The molecule has 30 heavy (non-hydrogen) atoms. The maximum absolute atomic E-state index is 13.2. The Kier molecular flexibility index (Phi) is 5.54. The largest absolute Gasteiger partial charge is 0.339 e. The number of carbonyl (C=O) groups is 1. The van der Waals surface area contributed by atoms with Gasteiger partial charge in [-0.25, -0.2) is 4.79 Å². The molecule has 0 bridgehead atoms. The lowest BCUT2D eigenvalue weighted by atomic mass is 10.0. The maximum atomic E-state index is 13.2. The van der Waals surface area contributed by atoms with Crippen molar-refractivity contribution in [2.24, 2.45) is 0 Å². The van der Waals surface area contributed by atoms with Gasteiger partial charge in [-0.1, -0.05) is 29.7 Å². The Hall–Kier alpha value is -3.20. The molecule has 0 fully saturated rings. The Balaban J connectivity index is 1.76. The highest BCUT2D eigenvalue weighted by atomic mass is 35.5. The third-order valence-corrected chi connectivity index (χ3v) is 5.22. The predicted octanol–water partition coefficient (Wildman–Crippen LogP) is 2.25. The average Bonchev–Trinajstić information content (AvgIpc) is 3.20. The van der Waals surface area contributed by atoms with Crippen LogP contribution in [0.3, 0.4) is 0 Å². The SMILES string of the molecule is CCc1nc(-c2c3n(c(=O)n(CC(=O)Nc4cccc(Cl)c4)c2=O)CCCC3)no1. The Bertz CT molecular complexity index is 1230. The average molecular weight is 430 g/mol. The van der Waals surface area contributed by atoms with E-state index in [-0.39, 0.29) is 11.4 Å². The smallest absolute Gasteiger partial charge is 0.331 e. The minimum Gasteiger partial charge on any atom is -0.339 e. The summed E-state index contributed by atoms with van der Waals surface area (Å²) in [5.41, 5.74) is 0.167. The summed E-state index contributed by atoms with van der Waals surface area (Å²) < 4.78 is 7.63. The standard InChI is InChI=1S/C20H20ClN5O4/c1-2-16-23-18(24-30-16)17-14-8-3-4-9-25(14)20(29)26(19(17)28)11-15(27)22-13-7-5-6-12(21)10-13/h5-7,10H,2-4,8-9,11H2,1H3,(H,22,27). The Morgan fingerprint density at radius 2 is 2.13 bits per heavy atom. The molecular formula is C20H20ClN5O4. The van der Waals surface area contributed by atoms with Crippen LogP contribution in [-0.2, 0) is 30.7 Å². The van der Waals surface area contributed by atoms with Gasteiger partial charge in [0.1, 0.15) is 12.1 Å². The zero-order valence-electron chi connectivity index (χ0n) is 16.4. The van der Waals surface area contributed by atoms with Crippen molar-refractivity contribution in [1.29, 1.82) is 0 Å². The number of hydrogen-bond acceptors (Lipinski definition) is 6. The lowest BCUT2D eigenvalue weighted by Gasteiger charge is -2.21. The van der Waals surface area contributed by atoms with E-state index in [2.05, 4.69) is 15.5 Å². The molecule has 3 heterocycles. The minimum atomic E-state index is -0.599. The topological polar surface area (TPSA) is 112 Å². The number of fused-ring (bicyclic) bond motifs is 1. The summed E-state index contributed by atoms with van der Waals surface area (Å²) in [4.78, 5) is 43.0. The first-order valence-corrected chi connectivity index (χ1v) is 10.1. The lowest BCUT2D eigenvalue weighted by Crippen LogP contribution is -2.45. The zero-order chi connectivity index (χ0) is 21.3. The third kappa shape index (κ3) is 3.80. The first-order chi connectivity index (χ1) is 14.5. The molecule has 3 aromatic rings. The molecule has 9 nitrogen and oxygen atoms in total. The number of rotatable bonds is 5. The van der Waals surface area contributed by atoms with Crippen molar-refractivity contribution in [1.82, 2.24) is 19.3 Å². The quantitative estimate of drug-likeness (QED) is 0.665. The second-order valence-corrected chi connectivity index (χ2v) is 7.46. The van der Waals surface area contributed by atoms with E-state index in [1.807, 2.05) is 6.92 Å². The molecule has 10 heteroatoms. The summed E-state index contributed by atoms with van der Waals surface area (Å²) in [6, 6.07) is 6.62. The van der Waals surface area contributed by atoms with Crippen LogP contribution in [0.1, 0.15) is 31.4 Å². The summed E-state index contributed by atoms with van der Waals surface area (Å²) in [5, 5.41) is 7.04. The van der Waals surface area contributed by atoms with Crippen LogP contribution in [0.2, 0.25) is 5.02 Å². The molecule has 0 atom stereocenters. The summed E-state index contributed by atoms with van der Waals surface area (Å²) in [7, 11) is 0. The van der Waals surface area contributed by atoms with Crippen LogP contribution in [0.4, 0.5) is 5.69 Å². The normalized spacial score (nSPS) is 13.1. The molecule has 0 aliphatic carbocycles. The molecule has 0 saturated heterocycles. The van der Waals surface area contributed by atoms with E-state index in [9.17, 15) is 14.4 Å². The maximum Gasteiger partial charge on any atom is 0.331 e. The van der Waals surface area contributed by atoms with E-state index in [4.69, 9.17) is 16.1 Å². The fourth-order valence-corrected chi connectivity index (χ4v) is 3.76. The molecule has 1 N–H and O–H groups in total. The van der Waals surface area contributed by atoms with E-state index in [1.165, 1.54) is 4.57 Å². The molecular weight excluding hydrogens is 410 g/mol. The molecule has 0 unspecified atom stereocenters. The van der Waals surface area contributed by atoms with Crippen LogP contribution in [0.5, 0.6) is 0 Å². The number of amides is 1. The van der Waals surface area contributed by atoms with Crippen LogP contribution in [0, 0.1) is 0 Å². The van der Waals surface area contributed by atoms with E-state index in [1.54, 1.807) is 24.3 Å². The Morgan fingerprint density at radius 1 is 1.30 bits per heavy atom. The number of aryl methyl sites for hydroxylation is 1. The summed E-state index contributed by atoms with van der Waals surface area (Å²) in [6.07, 6.45) is 2.75. The molecule has 4 rings (SSSR count). The van der Waals surface area contributed by atoms with E-state index in [0.29, 0.717) is 41.7 Å². The molecule has 1 aliphatic rings. The van der Waals surface area contributed by atoms with Crippen LogP contribution >= 0.6 is 11.6 Å². The third-order valence-electron chi connectivity index (χ3n) is 4.98. The Labute approximate surface area is 176 Å². The fourth-order valence-electron chi connectivity index (χ4n) is 3.57. The number of benzene rings is 1. The number of hydrogen-bond donors (Lipinski definition) is 1. The van der Waals surface area contributed by atoms with Gasteiger partial charge in [0.2, 0.25) is 17.6 Å². The molecule has 0 spiro atoms. The van der Waals surface area contributed by atoms with Crippen LogP contribution in [0.25, 0.3) is 11.4 Å². The van der Waals surface area contributed by atoms with E-state index < -0.39 is 23.7 Å². The van der Waals surface area contributed by atoms with E-state index >= 15 is 0 Å². The number of nitrogens with zero attached hydrogens (tertiary/aromatic N) is 4.